The summed E-state index contributed by atoms with van der Waals surface area (Å²) in [7, 11) is 0. The molecule has 3 rings (SSSR count). The number of fused-ring (bicyclic) bond motifs is 1. The number of carboxylic acids is 1. The maximum Gasteiger partial charge on any atom is 0.417 e. The van der Waals surface area contributed by atoms with Gasteiger partial charge in [-0.3, -0.25) is 5.10 Å². The second kappa shape index (κ2) is 5.84. The number of hydrogen-bond acceptors (Lipinski definition) is 4. The fourth-order valence-corrected chi connectivity index (χ4v) is 2.25. The molecule has 2 heterocycles. The lowest BCUT2D eigenvalue weighted by atomic mass is 10.1. The van der Waals surface area contributed by atoms with E-state index in [0.29, 0.717) is 11.6 Å². The third-order valence-corrected chi connectivity index (χ3v) is 3.21. The largest absolute Gasteiger partial charge is 0.479 e. The Morgan fingerprint density at radius 2 is 1.96 bits per heavy atom. The standard InChI is InChI=1S/C15H10F3N3O3/c16-15(17,18)9-6-10(24-7-11(22)23)19-14-12(9)13(20-21-14)8-4-2-1-3-5-8/h1-6H,7H2,(H,22,23)(H,19,20,21). The van der Waals surface area contributed by atoms with Gasteiger partial charge in [0.05, 0.1) is 16.6 Å². The number of nitrogens with one attached hydrogen (secondary N) is 1. The van der Waals surface area contributed by atoms with Crippen molar-refractivity contribution < 1.29 is 27.8 Å². The van der Waals surface area contributed by atoms with Gasteiger partial charge in [-0.2, -0.15) is 23.3 Å². The van der Waals surface area contributed by atoms with Crippen LogP contribution in [0.5, 0.6) is 5.88 Å². The number of benzene rings is 1. The van der Waals surface area contributed by atoms with Gasteiger partial charge in [0.2, 0.25) is 5.88 Å². The minimum Gasteiger partial charge on any atom is -0.479 e. The minimum atomic E-state index is -4.68. The number of H-pyrrole nitrogens is 1. The molecule has 0 saturated heterocycles. The lowest BCUT2D eigenvalue weighted by molar-refractivity contribution is -0.139. The van der Waals surface area contributed by atoms with E-state index in [1.807, 2.05) is 0 Å². The molecule has 0 spiro atoms. The molecule has 124 valence electrons. The highest BCUT2D eigenvalue weighted by molar-refractivity contribution is 5.94. The number of aromatic amines is 1. The Morgan fingerprint density at radius 1 is 1.25 bits per heavy atom. The van der Waals surface area contributed by atoms with Crippen molar-refractivity contribution in [3.63, 3.8) is 0 Å². The van der Waals surface area contributed by atoms with Gasteiger partial charge in [-0.25, -0.2) is 4.79 Å². The Hall–Kier alpha value is -3.10. The number of halogens is 3. The van der Waals surface area contributed by atoms with Crippen LogP contribution in [0.4, 0.5) is 13.2 Å². The van der Waals surface area contributed by atoms with Gasteiger partial charge in [0, 0.05) is 11.6 Å². The van der Waals surface area contributed by atoms with Gasteiger partial charge in [-0.15, -0.1) is 0 Å². The number of aromatic nitrogens is 3. The molecule has 2 N–H and O–H groups in total. The van der Waals surface area contributed by atoms with E-state index in [4.69, 9.17) is 9.84 Å². The molecule has 0 aliphatic carbocycles. The predicted octanol–water partition coefficient (Wildman–Crippen LogP) is 3.11. The highest BCUT2D eigenvalue weighted by Crippen LogP contribution is 2.39. The first-order chi connectivity index (χ1) is 11.4. The highest BCUT2D eigenvalue weighted by Gasteiger charge is 2.36. The van der Waals surface area contributed by atoms with Crippen molar-refractivity contribution in [2.45, 2.75) is 6.18 Å². The topological polar surface area (TPSA) is 88.1 Å². The number of hydrogen-bond donors (Lipinski definition) is 2. The monoisotopic (exact) mass is 337 g/mol. The Kier molecular flexibility index (Phi) is 3.84. The number of alkyl halides is 3. The van der Waals surface area contributed by atoms with E-state index in [1.165, 1.54) is 0 Å². The van der Waals surface area contributed by atoms with E-state index < -0.39 is 30.2 Å². The van der Waals surface area contributed by atoms with E-state index in [2.05, 4.69) is 15.2 Å². The lowest BCUT2D eigenvalue weighted by Gasteiger charge is -2.11. The molecule has 0 amide bonds. The van der Waals surface area contributed by atoms with Crippen LogP contribution in [-0.4, -0.2) is 32.9 Å². The highest BCUT2D eigenvalue weighted by atomic mass is 19.4. The summed E-state index contributed by atoms with van der Waals surface area (Å²) in [6.07, 6.45) is -4.68. The molecule has 0 aliphatic heterocycles. The van der Waals surface area contributed by atoms with Crippen molar-refractivity contribution in [1.29, 1.82) is 0 Å². The molecule has 0 fully saturated rings. The first kappa shape index (κ1) is 15.8. The first-order valence-corrected chi connectivity index (χ1v) is 6.72. The Labute approximate surface area is 132 Å². The number of pyridine rings is 1. The van der Waals surface area contributed by atoms with Gasteiger partial charge in [0.15, 0.2) is 12.3 Å². The third-order valence-electron chi connectivity index (χ3n) is 3.21. The Balaban J connectivity index is 2.19. The van der Waals surface area contributed by atoms with Crippen molar-refractivity contribution in [3.8, 4) is 17.1 Å². The molecular weight excluding hydrogens is 327 g/mol. The van der Waals surface area contributed by atoms with E-state index in [9.17, 15) is 18.0 Å². The van der Waals surface area contributed by atoms with Gasteiger partial charge in [0.1, 0.15) is 0 Å². The van der Waals surface area contributed by atoms with Crippen LogP contribution in [0.25, 0.3) is 22.3 Å². The first-order valence-electron chi connectivity index (χ1n) is 6.72. The Bertz CT molecular complexity index is 891. The van der Waals surface area contributed by atoms with Crippen molar-refractivity contribution in [2.75, 3.05) is 6.61 Å². The average molecular weight is 337 g/mol. The normalized spacial score (nSPS) is 11.6. The quantitative estimate of drug-likeness (QED) is 0.764. The van der Waals surface area contributed by atoms with Crippen LogP contribution in [0.15, 0.2) is 36.4 Å². The molecule has 1 aromatic carbocycles. The van der Waals surface area contributed by atoms with Gasteiger partial charge in [0.25, 0.3) is 0 Å². The number of carbonyl (C=O) groups is 1. The zero-order valence-corrected chi connectivity index (χ0v) is 12.0. The lowest BCUT2D eigenvalue weighted by Crippen LogP contribution is -2.12. The zero-order valence-electron chi connectivity index (χ0n) is 12.0. The van der Waals surface area contributed by atoms with Crippen molar-refractivity contribution in [1.82, 2.24) is 15.2 Å². The van der Waals surface area contributed by atoms with Crippen LogP contribution in [0.3, 0.4) is 0 Å². The van der Waals surface area contributed by atoms with Crippen LogP contribution >= 0.6 is 0 Å². The molecular formula is C15H10F3N3O3. The number of aliphatic carboxylic acids is 1. The Morgan fingerprint density at radius 3 is 2.58 bits per heavy atom. The molecule has 9 heteroatoms. The molecule has 0 unspecified atom stereocenters. The van der Waals surface area contributed by atoms with Crippen molar-refractivity contribution >= 4 is 17.0 Å². The summed E-state index contributed by atoms with van der Waals surface area (Å²) in [6.45, 7) is -0.800. The molecule has 0 radical (unpaired) electrons. The molecule has 6 nitrogen and oxygen atoms in total. The molecule has 3 aromatic rings. The number of carboxylic acid groups (broad SMARTS) is 1. The maximum absolute atomic E-state index is 13.4. The molecule has 24 heavy (non-hydrogen) atoms. The van der Waals surface area contributed by atoms with Crippen LogP contribution in [0, 0.1) is 0 Å². The van der Waals surface area contributed by atoms with Crippen LogP contribution in [0.1, 0.15) is 5.56 Å². The second-order valence-electron chi connectivity index (χ2n) is 4.85. The summed E-state index contributed by atoms with van der Waals surface area (Å²) in [5, 5.41) is 14.7. The van der Waals surface area contributed by atoms with Crippen LogP contribution in [-0.2, 0) is 11.0 Å². The smallest absolute Gasteiger partial charge is 0.417 e. The van der Waals surface area contributed by atoms with Gasteiger partial charge < -0.3 is 9.84 Å². The van der Waals surface area contributed by atoms with Gasteiger partial charge >= 0.3 is 12.1 Å². The van der Waals surface area contributed by atoms with Crippen LogP contribution < -0.4 is 4.74 Å². The minimum absolute atomic E-state index is 0.176. The van der Waals surface area contributed by atoms with Crippen molar-refractivity contribution in [3.05, 3.63) is 42.0 Å². The number of rotatable bonds is 4. The summed E-state index contributed by atoms with van der Waals surface area (Å²) in [5.74, 6) is -1.78. The fourth-order valence-electron chi connectivity index (χ4n) is 2.25. The summed E-state index contributed by atoms with van der Waals surface area (Å²) < 4.78 is 45.0. The van der Waals surface area contributed by atoms with E-state index in [-0.39, 0.29) is 16.7 Å². The summed E-state index contributed by atoms with van der Waals surface area (Å²) in [5.41, 5.74) is -0.508. The van der Waals surface area contributed by atoms with Gasteiger partial charge in [-0.1, -0.05) is 30.3 Å². The van der Waals surface area contributed by atoms with Gasteiger partial charge in [-0.05, 0) is 0 Å². The third kappa shape index (κ3) is 3.00. The maximum atomic E-state index is 13.4. The second-order valence-corrected chi connectivity index (χ2v) is 4.85. The molecule has 2 aromatic heterocycles. The van der Waals surface area contributed by atoms with Crippen LogP contribution in [0.2, 0.25) is 0 Å². The zero-order chi connectivity index (χ0) is 17.3. The molecule has 0 saturated carbocycles. The molecule has 0 aliphatic rings. The summed E-state index contributed by atoms with van der Waals surface area (Å²) in [4.78, 5) is 14.3. The average Bonchev–Trinajstić information content (AvgIpc) is 2.95. The van der Waals surface area contributed by atoms with E-state index in [0.717, 1.165) is 0 Å². The summed E-state index contributed by atoms with van der Waals surface area (Å²) >= 11 is 0. The van der Waals surface area contributed by atoms with E-state index in [1.54, 1.807) is 30.3 Å². The molecule has 0 bridgehead atoms. The fraction of sp³-hybridized carbons (Fsp3) is 0.133. The molecule has 0 atom stereocenters. The SMILES string of the molecule is O=C(O)COc1cc(C(F)(F)F)c2c(-c3ccccc3)[nH]nc2n1. The van der Waals surface area contributed by atoms with Crippen molar-refractivity contribution in [2.24, 2.45) is 0 Å². The summed E-state index contributed by atoms with van der Waals surface area (Å²) in [6, 6.07) is 9.07. The number of ether oxygens (including phenoxy) is 1. The predicted molar refractivity (Wildman–Crippen MR) is 77.5 cm³/mol. The number of nitrogens with zero attached hydrogens (tertiary/aromatic N) is 2. The van der Waals surface area contributed by atoms with E-state index >= 15 is 0 Å².